The molecule has 0 saturated heterocycles. The lowest BCUT2D eigenvalue weighted by atomic mass is 9.95. The molecule has 1 fully saturated rings. The first-order valence-corrected chi connectivity index (χ1v) is 8.66. The van der Waals surface area contributed by atoms with Crippen LogP contribution in [0.2, 0.25) is 0 Å². The number of hydrogen-bond acceptors (Lipinski definition) is 4. The molecule has 0 unspecified atom stereocenters. The second-order valence-electron chi connectivity index (χ2n) is 6.95. The number of nitrogens with zero attached hydrogens (tertiary/aromatic N) is 1. The Morgan fingerprint density at radius 1 is 1.27 bits per heavy atom. The lowest BCUT2D eigenvalue weighted by Crippen LogP contribution is -2.43. The fourth-order valence-corrected chi connectivity index (χ4v) is 3.63. The van der Waals surface area contributed by atoms with Crippen LogP contribution < -0.4 is 5.32 Å². The molecule has 1 heterocycles. The Morgan fingerprint density at radius 3 is 2.55 bits per heavy atom. The normalized spacial score (nSPS) is 22.9. The molecule has 1 aliphatic carbocycles. The second kappa shape index (κ2) is 6.77. The molecular formula is C16H24N2O3S. The summed E-state index contributed by atoms with van der Waals surface area (Å²) in [6.07, 6.45) is 4.25. The first-order valence-electron chi connectivity index (χ1n) is 7.78. The number of aliphatic carboxylic acids is 1. The lowest BCUT2D eigenvalue weighted by Gasteiger charge is -2.22. The SMILES string of the molecule is CC(C)(C)c1nc(C(=O)N[C@H]2CCCCC[C@H]2C(=O)O)cs1. The molecule has 1 saturated carbocycles. The van der Waals surface area contributed by atoms with E-state index in [0.717, 1.165) is 30.7 Å². The molecule has 6 heteroatoms. The molecule has 122 valence electrons. The van der Waals surface area contributed by atoms with Crippen LogP contribution in [0.15, 0.2) is 5.38 Å². The topological polar surface area (TPSA) is 79.3 Å². The number of carbonyl (C=O) groups is 2. The summed E-state index contributed by atoms with van der Waals surface area (Å²) < 4.78 is 0. The fraction of sp³-hybridized carbons (Fsp3) is 0.688. The largest absolute Gasteiger partial charge is 0.481 e. The third-order valence-electron chi connectivity index (χ3n) is 4.03. The van der Waals surface area contributed by atoms with Crippen LogP contribution in [0, 0.1) is 5.92 Å². The van der Waals surface area contributed by atoms with Crippen LogP contribution in [0.1, 0.15) is 68.4 Å². The molecule has 5 nitrogen and oxygen atoms in total. The van der Waals surface area contributed by atoms with Crippen LogP contribution in [-0.4, -0.2) is 28.0 Å². The van der Waals surface area contributed by atoms with Gasteiger partial charge in [0.25, 0.3) is 5.91 Å². The highest BCUT2D eigenvalue weighted by Crippen LogP contribution is 2.27. The van der Waals surface area contributed by atoms with Crippen molar-refractivity contribution in [3.05, 3.63) is 16.1 Å². The summed E-state index contributed by atoms with van der Waals surface area (Å²) in [6.45, 7) is 6.16. The molecule has 2 atom stereocenters. The summed E-state index contributed by atoms with van der Waals surface area (Å²) in [5.74, 6) is -1.57. The van der Waals surface area contributed by atoms with Crippen molar-refractivity contribution in [2.45, 2.75) is 64.3 Å². The van der Waals surface area contributed by atoms with Gasteiger partial charge in [0.2, 0.25) is 0 Å². The van der Waals surface area contributed by atoms with Gasteiger partial charge in [0.05, 0.1) is 10.9 Å². The minimum atomic E-state index is -0.819. The third kappa shape index (κ3) is 4.06. The van der Waals surface area contributed by atoms with Crippen molar-refractivity contribution in [1.82, 2.24) is 10.3 Å². The minimum Gasteiger partial charge on any atom is -0.481 e. The predicted molar refractivity (Wildman–Crippen MR) is 86.3 cm³/mol. The first kappa shape index (κ1) is 16.9. The zero-order chi connectivity index (χ0) is 16.3. The number of aromatic nitrogens is 1. The number of hydrogen-bond donors (Lipinski definition) is 2. The third-order valence-corrected chi connectivity index (χ3v) is 5.30. The van der Waals surface area contributed by atoms with Gasteiger partial charge in [0.1, 0.15) is 5.69 Å². The van der Waals surface area contributed by atoms with Crippen molar-refractivity contribution in [3.8, 4) is 0 Å². The van der Waals surface area contributed by atoms with E-state index in [1.165, 1.54) is 11.3 Å². The summed E-state index contributed by atoms with van der Waals surface area (Å²) in [6, 6.07) is -0.299. The van der Waals surface area contributed by atoms with Crippen molar-refractivity contribution in [1.29, 1.82) is 0 Å². The van der Waals surface area contributed by atoms with Crippen molar-refractivity contribution >= 4 is 23.2 Å². The van der Waals surface area contributed by atoms with Crippen molar-refractivity contribution in [3.63, 3.8) is 0 Å². The van der Waals surface area contributed by atoms with Crippen molar-refractivity contribution in [2.75, 3.05) is 0 Å². The van der Waals surface area contributed by atoms with Crippen LogP contribution in [0.4, 0.5) is 0 Å². The van der Waals surface area contributed by atoms with E-state index in [1.807, 2.05) is 0 Å². The number of nitrogens with one attached hydrogen (secondary N) is 1. The second-order valence-corrected chi connectivity index (χ2v) is 7.81. The molecular weight excluding hydrogens is 300 g/mol. The number of amides is 1. The van der Waals surface area contributed by atoms with Gasteiger partial charge in [-0.15, -0.1) is 11.3 Å². The van der Waals surface area contributed by atoms with Crippen LogP contribution in [0.5, 0.6) is 0 Å². The van der Waals surface area contributed by atoms with Gasteiger partial charge >= 0.3 is 5.97 Å². The van der Waals surface area contributed by atoms with Gasteiger partial charge in [0.15, 0.2) is 0 Å². The smallest absolute Gasteiger partial charge is 0.308 e. The quantitative estimate of drug-likeness (QED) is 0.837. The zero-order valence-corrected chi connectivity index (χ0v) is 14.2. The van der Waals surface area contributed by atoms with Gasteiger partial charge in [-0.3, -0.25) is 9.59 Å². The van der Waals surface area contributed by atoms with Crippen molar-refractivity contribution < 1.29 is 14.7 Å². The van der Waals surface area contributed by atoms with Gasteiger partial charge in [-0.2, -0.15) is 0 Å². The predicted octanol–water partition coefficient (Wildman–Crippen LogP) is 3.20. The van der Waals surface area contributed by atoms with Gasteiger partial charge in [0, 0.05) is 16.8 Å². The number of carboxylic acids is 1. The van der Waals surface area contributed by atoms with Crippen LogP contribution in [-0.2, 0) is 10.2 Å². The van der Waals surface area contributed by atoms with Crippen LogP contribution in [0.25, 0.3) is 0 Å². The van der Waals surface area contributed by atoms with Crippen LogP contribution >= 0.6 is 11.3 Å². The zero-order valence-electron chi connectivity index (χ0n) is 13.4. The van der Waals surface area contributed by atoms with Crippen molar-refractivity contribution in [2.24, 2.45) is 5.92 Å². The number of carbonyl (C=O) groups excluding carboxylic acids is 1. The summed E-state index contributed by atoms with van der Waals surface area (Å²) in [4.78, 5) is 28.2. The summed E-state index contributed by atoms with van der Waals surface area (Å²) in [7, 11) is 0. The Morgan fingerprint density at radius 2 is 1.95 bits per heavy atom. The van der Waals surface area contributed by atoms with E-state index < -0.39 is 11.9 Å². The van der Waals surface area contributed by atoms with E-state index in [-0.39, 0.29) is 17.4 Å². The lowest BCUT2D eigenvalue weighted by molar-refractivity contribution is -0.142. The van der Waals surface area contributed by atoms with E-state index in [4.69, 9.17) is 0 Å². The molecule has 0 radical (unpaired) electrons. The molecule has 0 aromatic carbocycles. The molecule has 1 aliphatic rings. The Kier molecular flexibility index (Phi) is 5.21. The van der Waals surface area contributed by atoms with Crippen LogP contribution in [0.3, 0.4) is 0 Å². The summed E-state index contributed by atoms with van der Waals surface area (Å²) >= 11 is 1.47. The maximum Gasteiger partial charge on any atom is 0.308 e. The number of carboxylic acid groups (broad SMARTS) is 1. The minimum absolute atomic E-state index is 0.0882. The van der Waals surface area contributed by atoms with E-state index in [0.29, 0.717) is 12.1 Å². The standard InChI is InChI=1S/C16H24N2O3S/c1-16(2,3)15-18-12(9-22-15)13(19)17-11-8-6-4-5-7-10(11)14(20)21/h9-11H,4-8H2,1-3H3,(H,17,19)(H,20,21)/t10-,11+/m1/s1. The summed E-state index contributed by atoms with van der Waals surface area (Å²) in [5, 5.41) is 14.9. The summed E-state index contributed by atoms with van der Waals surface area (Å²) in [5.41, 5.74) is 0.304. The Hall–Kier alpha value is -1.43. The molecule has 2 rings (SSSR count). The highest BCUT2D eigenvalue weighted by atomic mass is 32.1. The molecule has 0 bridgehead atoms. The van der Waals surface area contributed by atoms with Gasteiger partial charge in [-0.25, -0.2) is 4.98 Å². The van der Waals surface area contributed by atoms with Gasteiger partial charge < -0.3 is 10.4 Å². The molecule has 22 heavy (non-hydrogen) atoms. The Labute approximate surface area is 135 Å². The number of rotatable bonds is 3. The molecule has 1 aromatic rings. The molecule has 0 aliphatic heterocycles. The van der Waals surface area contributed by atoms with E-state index in [1.54, 1.807) is 5.38 Å². The molecule has 0 spiro atoms. The molecule has 1 amide bonds. The Bertz CT molecular complexity index is 548. The average Bonchev–Trinajstić information content (AvgIpc) is 2.81. The highest BCUT2D eigenvalue weighted by Gasteiger charge is 2.31. The highest BCUT2D eigenvalue weighted by molar-refractivity contribution is 7.10. The molecule has 2 N–H and O–H groups in total. The van der Waals surface area contributed by atoms with E-state index >= 15 is 0 Å². The average molecular weight is 324 g/mol. The van der Waals surface area contributed by atoms with E-state index in [9.17, 15) is 14.7 Å². The maximum atomic E-state index is 12.4. The first-order chi connectivity index (χ1) is 10.3. The maximum absolute atomic E-state index is 12.4. The van der Waals surface area contributed by atoms with Gasteiger partial charge in [-0.1, -0.05) is 40.0 Å². The Balaban J connectivity index is 2.09. The van der Waals surface area contributed by atoms with Gasteiger partial charge in [-0.05, 0) is 12.8 Å². The molecule has 1 aromatic heterocycles. The number of thiazole rings is 1. The monoisotopic (exact) mass is 324 g/mol. The van der Waals surface area contributed by atoms with E-state index in [2.05, 4.69) is 31.1 Å². The fourth-order valence-electron chi connectivity index (χ4n) is 2.74.